The van der Waals surface area contributed by atoms with Crippen LogP contribution >= 0.6 is 0 Å². The molecule has 48 heavy (non-hydrogen) atoms. The van der Waals surface area contributed by atoms with Crippen molar-refractivity contribution in [3.63, 3.8) is 0 Å². The average molecular weight is 771 g/mol. The van der Waals surface area contributed by atoms with Crippen LogP contribution in [0.25, 0.3) is 11.1 Å². The third kappa shape index (κ3) is 7.21. The molecule has 4 aromatic rings. The zero-order chi connectivity index (χ0) is 33.2. The van der Waals surface area contributed by atoms with Crippen molar-refractivity contribution < 1.29 is 46.1 Å². The van der Waals surface area contributed by atoms with E-state index in [9.17, 15) is 0 Å². The van der Waals surface area contributed by atoms with E-state index in [1.54, 1.807) is 31.7 Å². The molecule has 1 unspecified atom stereocenters. The first-order chi connectivity index (χ1) is 21.6. The SMILES string of the molecule is CC1=[C]([Zr+2](=[C](c2ccccc2)c2ccccc2)[c]2c(C(C)(C)C)ccc3c2Cc2cc(C(C)(C)C)ccc2-3)C(C)C=C1[Si](C)(C)C.[Cl-].[Cl-]. The van der Waals surface area contributed by atoms with Gasteiger partial charge < -0.3 is 24.8 Å². The third-order valence-electron chi connectivity index (χ3n) is 10.1. The zero-order valence-corrected chi connectivity index (χ0v) is 35.7. The molecule has 0 amide bonds. The van der Waals surface area contributed by atoms with Crippen LogP contribution in [0.15, 0.2) is 111 Å². The molecule has 1 atom stereocenters. The standard InChI is InChI=1S/C21H25.C13H10.C10H17Si.2ClH.Zr/c1-20(2,3)16-7-9-18-14(12-16)11-15-13-17(21(4,5)6)8-10-19(15)18;1-3-7-12(8-4-1)11-13-9-5-2-6-10-13;1-8-6-9(2)10(7-8)11(3,4)5;;;/h7-10,12H,11H2,1-6H3;1-10H;7-8H,1-5H3;2*1H;/q;;;;;+2/p-2. The van der Waals surface area contributed by atoms with Crippen molar-refractivity contribution in [1.29, 1.82) is 0 Å². The van der Waals surface area contributed by atoms with Gasteiger partial charge >= 0.3 is 290 Å². The molecule has 2 aliphatic rings. The normalized spacial score (nSPS) is 15.5. The van der Waals surface area contributed by atoms with E-state index in [0.717, 1.165) is 6.42 Å². The quantitative estimate of drug-likeness (QED) is 0.219. The average Bonchev–Trinajstić information content (AvgIpc) is 3.51. The molecule has 0 saturated carbocycles. The molecule has 0 aromatic heterocycles. The van der Waals surface area contributed by atoms with Crippen molar-refractivity contribution in [1.82, 2.24) is 0 Å². The van der Waals surface area contributed by atoms with Crippen LogP contribution < -0.4 is 28.1 Å². The van der Waals surface area contributed by atoms with Gasteiger partial charge in [0.15, 0.2) is 0 Å². The summed E-state index contributed by atoms with van der Waals surface area (Å²) in [4.78, 5) is 0. The van der Waals surface area contributed by atoms with E-state index in [4.69, 9.17) is 0 Å². The van der Waals surface area contributed by atoms with E-state index >= 15 is 0 Å². The molecule has 0 radical (unpaired) electrons. The largest absolute Gasteiger partial charge is 1.00 e. The molecule has 0 saturated heterocycles. The molecule has 0 nitrogen and oxygen atoms in total. The summed E-state index contributed by atoms with van der Waals surface area (Å²) in [7, 11) is -1.53. The molecule has 0 heterocycles. The van der Waals surface area contributed by atoms with Crippen LogP contribution in [-0.2, 0) is 38.5 Å². The second-order valence-electron chi connectivity index (χ2n) is 16.7. The first-order valence-electron chi connectivity index (χ1n) is 17.2. The molecular formula is C44H52Cl2SiZr. The minimum atomic E-state index is -2.93. The molecule has 0 bridgehead atoms. The second-order valence-corrected chi connectivity index (χ2v) is 27.4. The summed E-state index contributed by atoms with van der Waals surface area (Å²) in [5.74, 6) is 0.457. The molecule has 0 fully saturated rings. The smallest absolute Gasteiger partial charge is 1.00 e. The molecular weight excluding hydrogens is 719 g/mol. The van der Waals surface area contributed by atoms with Crippen molar-refractivity contribution >= 4 is 14.6 Å². The van der Waals surface area contributed by atoms with Crippen molar-refractivity contribution in [2.24, 2.45) is 5.92 Å². The Balaban J connectivity index is 0.00000260. The van der Waals surface area contributed by atoms with Gasteiger partial charge in [-0.2, -0.15) is 0 Å². The van der Waals surface area contributed by atoms with E-state index in [0.29, 0.717) is 5.92 Å². The van der Waals surface area contributed by atoms with Crippen LogP contribution in [0.4, 0.5) is 0 Å². The van der Waals surface area contributed by atoms with E-state index in [2.05, 4.69) is 172 Å². The first-order valence-corrected chi connectivity index (χ1v) is 24.4. The molecule has 4 aromatic carbocycles. The first kappa shape index (κ1) is 38.7. The van der Waals surface area contributed by atoms with Gasteiger partial charge in [-0.05, 0) is 0 Å². The maximum atomic E-state index is 2.68. The molecule has 2 aliphatic carbocycles. The Labute approximate surface area is 312 Å². The molecule has 0 spiro atoms. The van der Waals surface area contributed by atoms with Crippen molar-refractivity contribution in [2.45, 2.75) is 92.3 Å². The van der Waals surface area contributed by atoms with Gasteiger partial charge in [0.25, 0.3) is 0 Å². The Morgan fingerprint density at radius 2 is 1.25 bits per heavy atom. The summed E-state index contributed by atoms with van der Waals surface area (Å²) in [5, 5.41) is 1.68. The van der Waals surface area contributed by atoms with Crippen molar-refractivity contribution in [3.8, 4) is 11.1 Å². The van der Waals surface area contributed by atoms with Gasteiger partial charge in [-0.1, -0.05) is 0 Å². The summed E-state index contributed by atoms with van der Waals surface area (Å²) in [5.41, 5.74) is 13.6. The number of allylic oxidation sites excluding steroid dienone is 4. The molecule has 6 rings (SSSR count). The minimum absolute atomic E-state index is 0. The Hall–Kier alpha value is -2.09. The van der Waals surface area contributed by atoms with Gasteiger partial charge in [-0.15, -0.1) is 0 Å². The summed E-state index contributed by atoms with van der Waals surface area (Å²) < 4.78 is 5.14. The molecule has 0 aliphatic heterocycles. The summed E-state index contributed by atoms with van der Waals surface area (Å²) in [6.07, 6.45) is 3.71. The van der Waals surface area contributed by atoms with E-state index in [1.165, 1.54) is 33.4 Å². The number of halogens is 2. The van der Waals surface area contributed by atoms with E-state index in [-0.39, 0.29) is 35.6 Å². The van der Waals surface area contributed by atoms with Gasteiger partial charge in [-0.25, -0.2) is 0 Å². The molecule has 4 heteroatoms. The van der Waals surface area contributed by atoms with Crippen LogP contribution in [0.5, 0.6) is 0 Å². The Morgan fingerprint density at radius 3 is 1.73 bits per heavy atom. The Kier molecular flexibility index (Phi) is 11.5. The maximum Gasteiger partial charge on any atom is -1.00 e. The topological polar surface area (TPSA) is 0 Å². The Morgan fingerprint density at radius 1 is 0.708 bits per heavy atom. The number of rotatable bonds is 5. The molecule has 0 N–H and O–H groups in total. The maximum absolute atomic E-state index is 2.93. The Bertz CT molecular complexity index is 1870. The van der Waals surface area contributed by atoms with E-state index in [1.807, 2.05) is 0 Å². The molecule has 250 valence electrons. The summed E-state index contributed by atoms with van der Waals surface area (Å²) in [6, 6.07) is 35.2. The fraction of sp³-hybridized carbons (Fsp3) is 0.341. The third-order valence-corrected chi connectivity index (χ3v) is 20.9. The number of hydrogen-bond acceptors (Lipinski definition) is 0. The predicted molar refractivity (Wildman–Crippen MR) is 201 cm³/mol. The van der Waals surface area contributed by atoms with Gasteiger partial charge in [0.2, 0.25) is 0 Å². The zero-order valence-electron chi connectivity index (χ0n) is 30.8. The predicted octanol–water partition coefficient (Wildman–Crippen LogP) is 5.10. The number of benzene rings is 4. The summed E-state index contributed by atoms with van der Waals surface area (Å²) in [6.45, 7) is 26.9. The van der Waals surface area contributed by atoms with Gasteiger partial charge in [0.1, 0.15) is 0 Å². The monoisotopic (exact) mass is 768 g/mol. The van der Waals surface area contributed by atoms with Gasteiger partial charge in [0.05, 0.1) is 0 Å². The van der Waals surface area contributed by atoms with Crippen LogP contribution in [0.1, 0.15) is 88.8 Å². The van der Waals surface area contributed by atoms with Crippen LogP contribution in [0.2, 0.25) is 19.6 Å². The minimum Gasteiger partial charge on any atom is -1.00 e. The van der Waals surface area contributed by atoms with Gasteiger partial charge in [0, 0.05) is 0 Å². The number of fused-ring (bicyclic) bond motifs is 3. The van der Waals surface area contributed by atoms with Crippen LogP contribution in [0, 0.1) is 5.92 Å². The van der Waals surface area contributed by atoms with Crippen molar-refractivity contribution in [2.75, 3.05) is 0 Å². The second kappa shape index (κ2) is 14.3. The number of hydrogen-bond donors (Lipinski definition) is 0. The van der Waals surface area contributed by atoms with Crippen molar-refractivity contribution in [3.05, 3.63) is 145 Å². The fourth-order valence-corrected chi connectivity index (χ4v) is 20.0. The summed E-state index contributed by atoms with van der Waals surface area (Å²) >= 11 is -2.93. The van der Waals surface area contributed by atoms with Gasteiger partial charge in [-0.3, -0.25) is 0 Å². The van der Waals surface area contributed by atoms with E-state index < -0.39 is 29.3 Å². The van der Waals surface area contributed by atoms with Crippen LogP contribution in [-0.4, -0.2) is 11.3 Å². The van der Waals surface area contributed by atoms with Crippen LogP contribution in [0.3, 0.4) is 0 Å². The fourth-order valence-electron chi connectivity index (χ4n) is 7.89.